The molecule has 0 aliphatic carbocycles. The Hall–Kier alpha value is -2.28. The topological polar surface area (TPSA) is 67.2 Å². The van der Waals surface area contributed by atoms with Crippen LogP contribution >= 0.6 is 0 Å². The fourth-order valence-corrected chi connectivity index (χ4v) is 2.56. The predicted molar refractivity (Wildman–Crippen MR) is 86.4 cm³/mol. The van der Waals surface area contributed by atoms with Gasteiger partial charge in [-0.1, -0.05) is 6.92 Å². The highest BCUT2D eigenvalue weighted by Gasteiger charge is 2.20. The van der Waals surface area contributed by atoms with E-state index in [-0.39, 0.29) is 28.6 Å². The molecule has 0 aliphatic heterocycles. The normalized spacial score (nSPS) is 13.6. The number of hydrogen-bond acceptors (Lipinski definition) is 3. The number of halogens is 2. The molecule has 0 saturated heterocycles. The van der Waals surface area contributed by atoms with E-state index in [9.17, 15) is 18.7 Å². The van der Waals surface area contributed by atoms with Gasteiger partial charge in [-0.05, 0) is 31.4 Å². The second-order valence-electron chi connectivity index (χ2n) is 6.09. The maximum Gasteiger partial charge on any atom is 0.255 e. The number of amides is 1. The van der Waals surface area contributed by atoms with E-state index < -0.39 is 17.7 Å². The summed E-state index contributed by atoms with van der Waals surface area (Å²) in [6, 6.07) is 3.15. The van der Waals surface area contributed by atoms with Crippen LogP contribution in [-0.2, 0) is 7.05 Å². The molecule has 0 bridgehead atoms. The molecule has 2 N–H and O–H groups in total. The van der Waals surface area contributed by atoms with Crippen molar-refractivity contribution in [3.8, 4) is 11.3 Å². The molecular formula is C17H21F2N3O2. The Morgan fingerprint density at radius 3 is 2.71 bits per heavy atom. The molecular weight excluding hydrogens is 316 g/mol. The van der Waals surface area contributed by atoms with E-state index in [1.54, 1.807) is 14.0 Å². The van der Waals surface area contributed by atoms with E-state index in [4.69, 9.17) is 0 Å². The SMILES string of the molecule is CC(O)CC(C)CNC(=O)c1cn(C)nc1-c1ccc(F)cc1F. The van der Waals surface area contributed by atoms with E-state index in [1.165, 1.54) is 16.9 Å². The lowest BCUT2D eigenvalue weighted by atomic mass is 10.0. The number of aromatic nitrogens is 2. The molecule has 0 radical (unpaired) electrons. The quantitative estimate of drug-likeness (QED) is 0.851. The summed E-state index contributed by atoms with van der Waals surface area (Å²) in [6.07, 6.45) is 1.61. The lowest BCUT2D eigenvalue weighted by Gasteiger charge is -2.14. The van der Waals surface area contributed by atoms with Crippen molar-refractivity contribution in [3.63, 3.8) is 0 Å². The van der Waals surface area contributed by atoms with Crippen molar-refractivity contribution >= 4 is 5.91 Å². The van der Waals surface area contributed by atoms with Gasteiger partial charge in [0.2, 0.25) is 0 Å². The summed E-state index contributed by atoms with van der Waals surface area (Å²) in [4.78, 5) is 12.4. The Labute approximate surface area is 139 Å². The average Bonchev–Trinajstić information content (AvgIpc) is 2.86. The minimum Gasteiger partial charge on any atom is -0.393 e. The zero-order chi connectivity index (χ0) is 17.9. The summed E-state index contributed by atoms with van der Waals surface area (Å²) in [5.74, 6) is -1.76. The Kier molecular flexibility index (Phi) is 5.66. The molecule has 0 aliphatic rings. The summed E-state index contributed by atoms with van der Waals surface area (Å²) in [7, 11) is 1.62. The van der Waals surface area contributed by atoms with Crippen LogP contribution in [0.2, 0.25) is 0 Å². The highest BCUT2D eigenvalue weighted by molar-refractivity contribution is 5.99. The highest BCUT2D eigenvalue weighted by atomic mass is 19.1. The van der Waals surface area contributed by atoms with Crippen molar-refractivity contribution in [3.05, 3.63) is 41.6 Å². The first-order chi connectivity index (χ1) is 11.3. The summed E-state index contributed by atoms with van der Waals surface area (Å²) in [6.45, 7) is 3.98. The monoisotopic (exact) mass is 337 g/mol. The maximum absolute atomic E-state index is 14.0. The Bertz CT molecular complexity index is 729. The van der Waals surface area contributed by atoms with Crippen LogP contribution in [0, 0.1) is 17.6 Å². The first-order valence-corrected chi connectivity index (χ1v) is 7.73. The number of rotatable bonds is 6. The molecule has 2 rings (SSSR count). The van der Waals surface area contributed by atoms with Crippen LogP contribution in [0.4, 0.5) is 8.78 Å². The average molecular weight is 337 g/mol. The van der Waals surface area contributed by atoms with Crippen LogP contribution in [0.15, 0.2) is 24.4 Å². The molecule has 2 atom stereocenters. The third-order valence-electron chi connectivity index (χ3n) is 3.61. The Morgan fingerprint density at radius 2 is 2.08 bits per heavy atom. The summed E-state index contributed by atoms with van der Waals surface area (Å²) < 4.78 is 28.5. The number of aryl methyl sites for hydroxylation is 1. The second-order valence-corrected chi connectivity index (χ2v) is 6.09. The fourth-order valence-electron chi connectivity index (χ4n) is 2.56. The molecule has 24 heavy (non-hydrogen) atoms. The van der Waals surface area contributed by atoms with E-state index in [0.29, 0.717) is 13.0 Å². The number of aliphatic hydroxyl groups is 1. The van der Waals surface area contributed by atoms with Gasteiger partial charge in [-0.25, -0.2) is 8.78 Å². The molecule has 5 nitrogen and oxygen atoms in total. The molecule has 1 amide bonds. The molecule has 2 unspecified atom stereocenters. The summed E-state index contributed by atoms with van der Waals surface area (Å²) >= 11 is 0. The van der Waals surface area contributed by atoms with Crippen molar-refractivity contribution in [1.29, 1.82) is 0 Å². The van der Waals surface area contributed by atoms with Gasteiger partial charge in [0.15, 0.2) is 0 Å². The zero-order valence-electron chi connectivity index (χ0n) is 13.9. The number of nitrogens with one attached hydrogen (secondary N) is 1. The van der Waals surface area contributed by atoms with E-state index in [2.05, 4.69) is 10.4 Å². The maximum atomic E-state index is 14.0. The molecule has 0 saturated carbocycles. The van der Waals surface area contributed by atoms with Crippen molar-refractivity contribution in [1.82, 2.24) is 15.1 Å². The molecule has 2 aromatic rings. The van der Waals surface area contributed by atoms with Gasteiger partial charge in [0.25, 0.3) is 5.91 Å². The van der Waals surface area contributed by atoms with Crippen LogP contribution in [0.1, 0.15) is 30.6 Å². The van der Waals surface area contributed by atoms with Gasteiger partial charge in [-0.2, -0.15) is 5.10 Å². The second kappa shape index (κ2) is 7.53. The summed E-state index contributed by atoms with van der Waals surface area (Å²) in [5.41, 5.74) is 0.446. The van der Waals surface area contributed by atoms with Crippen molar-refractivity contribution in [2.75, 3.05) is 6.54 Å². The third-order valence-corrected chi connectivity index (χ3v) is 3.61. The standard InChI is InChI=1S/C17H21F2N3O2/c1-10(6-11(2)23)8-20-17(24)14-9-22(3)21-16(14)13-5-4-12(18)7-15(13)19/h4-5,7,9-11,23H,6,8H2,1-3H3,(H,20,24). The number of carbonyl (C=O) groups is 1. The first-order valence-electron chi connectivity index (χ1n) is 7.73. The van der Waals surface area contributed by atoms with Crippen LogP contribution in [-0.4, -0.2) is 33.4 Å². The molecule has 1 aromatic heterocycles. The van der Waals surface area contributed by atoms with Crippen LogP contribution in [0.25, 0.3) is 11.3 Å². The van der Waals surface area contributed by atoms with Gasteiger partial charge in [-0.15, -0.1) is 0 Å². The molecule has 1 heterocycles. The van der Waals surface area contributed by atoms with E-state index in [0.717, 1.165) is 12.1 Å². The first kappa shape index (κ1) is 18.1. The minimum absolute atomic E-state index is 0.0687. The predicted octanol–water partition coefficient (Wildman–Crippen LogP) is 2.50. The van der Waals surface area contributed by atoms with Crippen LogP contribution < -0.4 is 5.32 Å². The number of hydrogen-bond donors (Lipinski definition) is 2. The number of benzene rings is 1. The van der Waals surface area contributed by atoms with Gasteiger partial charge in [0.1, 0.15) is 17.3 Å². The number of aliphatic hydroxyl groups excluding tert-OH is 1. The smallest absolute Gasteiger partial charge is 0.255 e. The molecule has 7 heteroatoms. The van der Waals surface area contributed by atoms with Gasteiger partial charge < -0.3 is 10.4 Å². The van der Waals surface area contributed by atoms with Gasteiger partial charge >= 0.3 is 0 Å². The Morgan fingerprint density at radius 1 is 1.38 bits per heavy atom. The van der Waals surface area contributed by atoms with Crippen LogP contribution in [0.3, 0.4) is 0 Å². The van der Waals surface area contributed by atoms with Gasteiger partial charge in [-0.3, -0.25) is 9.48 Å². The largest absolute Gasteiger partial charge is 0.393 e. The van der Waals surface area contributed by atoms with E-state index in [1.807, 2.05) is 6.92 Å². The third kappa shape index (κ3) is 4.38. The van der Waals surface area contributed by atoms with Crippen molar-refractivity contribution in [2.24, 2.45) is 13.0 Å². The minimum atomic E-state index is -0.773. The molecule has 130 valence electrons. The number of carbonyl (C=O) groups excluding carboxylic acids is 1. The molecule has 0 fully saturated rings. The fraction of sp³-hybridized carbons (Fsp3) is 0.412. The van der Waals surface area contributed by atoms with Gasteiger partial charge in [0.05, 0.1) is 11.7 Å². The van der Waals surface area contributed by atoms with Crippen molar-refractivity contribution < 1.29 is 18.7 Å². The van der Waals surface area contributed by atoms with Crippen LogP contribution in [0.5, 0.6) is 0 Å². The van der Waals surface area contributed by atoms with Gasteiger partial charge in [0, 0.05) is 31.4 Å². The summed E-state index contributed by atoms with van der Waals surface area (Å²) in [5, 5.41) is 16.2. The number of nitrogens with zero attached hydrogens (tertiary/aromatic N) is 2. The van der Waals surface area contributed by atoms with E-state index >= 15 is 0 Å². The lowest BCUT2D eigenvalue weighted by molar-refractivity contribution is 0.0940. The molecule has 0 spiro atoms. The lowest BCUT2D eigenvalue weighted by Crippen LogP contribution is -2.29. The Balaban J connectivity index is 2.20. The molecule has 1 aromatic carbocycles. The zero-order valence-corrected chi connectivity index (χ0v) is 13.9. The highest BCUT2D eigenvalue weighted by Crippen LogP contribution is 2.25. The van der Waals surface area contributed by atoms with Crippen molar-refractivity contribution in [2.45, 2.75) is 26.4 Å².